The number of thiocarbonyl (C=S) groups is 1. The van der Waals surface area contributed by atoms with Crippen molar-refractivity contribution >= 4 is 86.3 Å². The van der Waals surface area contributed by atoms with Crippen LogP contribution in [0.4, 0.5) is 5.69 Å². The number of hydrazine groups is 1. The summed E-state index contributed by atoms with van der Waals surface area (Å²) < 4.78 is 0. The molecule has 0 unspecified atom stereocenters. The van der Waals surface area contributed by atoms with E-state index in [1.165, 1.54) is 17.1 Å². The second kappa shape index (κ2) is 9.87. The molecule has 0 radical (unpaired) electrons. The molecule has 0 saturated carbocycles. The van der Waals surface area contributed by atoms with Gasteiger partial charge in [0.1, 0.15) is 0 Å². The van der Waals surface area contributed by atoms with Crippen LogP contribution in [0.5, 0.6) is 0 Å². The van der Waals surface area contributed by atoms with Gasteiger partial charge in [0.15, 0.2) is 5.11 Å². The van der Waals surface area contributed by atoms with Crippen molar-refractivity contribution in [2.24, 2.45) is 0 Å². The summed E-state index contributed by atoms with van der Waals surface area (Å²) in [6, 6.07) is 15.2. The number of nitrogens with one attached hydrogen (secondary N) is 2. The van der Waals surface area contributed by atoms with Crippen molar-refractivity contribution in [2.45, 2.75) is 0 Å². The molecule has 0 spiro atoms. The van der Waals surface area contributed by atoms with Crippen LogP contribution in [0, 0.1) is 0 Å². The molecule has 24 heavy (non-hydrogen) atoms. The summed E-state index contributed by atoms with van der Waals surface area (Å²) in [7, 11) is 1.57. The first-order valence-corrected chi connectivity index (χ1v) is 7.13. The van der Waals surface area contributed by atoms with Crippen LogP contribution in [0.3, 0.4) is 0 Å². The van der Waals surface area contributed by atoms with Gasteiger partial charge in [-0.05, 0) is 36.5 Å². The first kappa shape index (κ1) is 20.8. The van der Waals surface area contributed by atoms with Crippen LogP contribution in [-0.4, -0.2) is 85.5 Å². The van der Waals surface area contributed by atoms with E-state index in [1.54, 1.807) is 19.2 Å². The Kier molecular flexibility index (Phi) is 8.53. The predicted octanol–water partition coefficient (Wildman–Crippen LogP) is 1.71. The zero-order valence-electron chi connectivity index (χ0n) is 12.3. The summed E-state index contributed by atoms with van der Waals surface area (Å²) in [5.41, 5.74) is 3.32. The summed E-state index contributed by atoms with van der Waals surface area (Å²) >= 11 is 5.20. The summed E-state index contributed by atoms with van der Waals surface area (Å²) in [5.74, 6) is -1.72. The van der Waals surface area contributed by atoms with Gasteiger partial charge in [-0.1, -0.05) is 30.3 Å². The molecule has 6 nitrogen and oxygen atoms in total. The number of carbonyl (C=O) groups is 2. The molecule has 0 aliphatic carbocycles. The van der Waals surface area contributed by atoms with Crippen LogP contribution in [0.15, 0.2) is 54.6 Å². The van der Waals surface area contributed by atoms with Crippen molar-refractivity contribution in [1.82, 2.24) is 10.4 Å². The number of carbonyl (C=O) groups excluding carboxylic acids is 1. The third-order valence-corrected chi connectivity index (χ3v) is 3.38. The number of rotatable bonds is 3. The van der Waals surface area contributed by atoms with Gasteiger partial charge < -0.3 is 10.4 Å². The molecular weight excluding hydrogens is 353 g/mol. The Balaban J connectivity index is 0.00000288. The molecule has 0 heterocycles. The number of para-hydroxylation sites is 1. The van der Waals surface area contributed by atoms with Crippen molar-refractivity contribution < 1.29 is 14.7 Å². The fourth-order valence-corrected chi connectivity index (χ4v) is 2.02. The van der Waals surface area contributed by atoms with E-state index in [0.717, 1.165) is 5.69 Å². The minimum absolute atomic E-state index is 0. The van der Waals surface area contributed by atoms with E-state index in [9.17, 15) is 9.59 Å². The molecule has 0 aliphatic heterocycles. The maximum absolute atomic E-state index is 12.2. The quantitative estimate of drug-likeness (QED) is 0.434. The van der Waals surface area contributed by atoms with Gasteiger partial charge in [0.2, 0.25) is 0 Å². The van der Waals surface area contributed by atoms with Crippen LogP contribution in [0.2, 0.25) is 0 Å². The van der Waals surface area contributed by atoms with Crippen LogP contribution in [0.25, 0.3) is 0 Å². The average Bonchev–Trinajstić information content (AvgIpc) is 2.55. The van der Waals surface area contributed by atoms with Gasteiger partial charge in [-0.15, -0.1) is 0 Å². The maximum atomic E-state index is 12.2. The molecule has 0 bridgehead atoms. The molecule has 0 aromatic heterocycles. The van der Waals surface area contributed by atoms with E-state index >= 15 is 0 Å². The SMILES string of the molecule is CN(NC(=O)c1ccccc1C(=O)O)C(=S)Nc1ccccc1.[KH]. The summed E-state index contributed by atoms with van der Waals surface area (Å²) in [4.78, 5) is 23.4. The van der Waals surface area contributed by atoms with E-state index in [0.29, 0.717) is 0 Å². The Bertz CT molecular complexity index is 740. The van der Waals surface area contributed by atoms with Crippen molar-refractivity contribution in [3.63, 3.8) is 0 Å². The molecule has 120 valence electrons. The predicted molar refractivity (Wildman–Crippen MR) is 98.4 cm³/mol. The molecule has 2 aromatic carbocycles. The van der Waals surface area contributed by atoms with Gasteiger partial charge in [0, 0.05) is 12.7 Å². The molecule has 8 heteroatoms. The third kappa shape index (κ3) is 5.66. The Morgan fingerprint density at radius 1 is 1.00 bits per heavy atom. The molecule has 0 fully saturated rings. The molecule has 3 N–H and O–H groups in total. The van der Waals surface area contributed by atoms with Crippen LogP contribution >= 0.6 is 12.2 Å². The molecule has 0 atom stereocenters. The average molecular weight is 369 g/mol. The molecule has 0 aliphatic rings. The van der Waals surface area contributed by atoms with Crippen molar-refractivity contribution in [3.8, 4) is 0 Å². The summed E-state index contributed by atoms with van der Waals surface area (Å²) in [5, 5.41) is 13.7. The first-order chi connectivity index (χ1) is 11.0. The number of nitrogens with zero attached hydrogens (tertiary/aromatic N) is 1. The van der Waals surface area contributed by atoms with E-state index < -0.39 is 11.9 Å². The van der Waals surface area contributed by atoms with Crippen molar-refractivity contribution in [1.29, 1.82) is 0 Å². The fraction of sp³-hybridized carbons (Fsp3) is 0.0625. The van der Waals surface area contributed by atoms with Gasteiger partial charge >= 0.3 is 57.4 Å². The van der Waals surface area contributed by atoms with E-state index in [1.807, 2.05) is 30.3 Å². The third-order valence-electron chi connectivity index (χ3n) is 3.00. The number of anilines is 1. The Morgan fingerprint density at radius 3 is 2.12 bits per heavy atom. The van der Waals surface area contributed by atoms with Crippen LogP contribution in [-0.2, 0) is 0 Å². The monoisotopic (exact) mass is 369 g/mol. The number of benzene rings is 2. The molecular formula is C16H16KN3O3S. The van der Waals surface area contributed by atoms with Gasteiger partial charge in [0.05, 0.1) is 11.1 Å². The zero-order valence-corrected chi connectivity index (χ0v) is 13.1. The van der Waals surface area contributed by atoms with E-state index in [-0.39, 0.29) is 67.6 Å². The first-order valence-electron chi connectivity index (χ1n) is 6.72. The van der Waals surface area contributed by atoms with Gasteiger partial charge in [0.25, 0.3) is 5.91 Å². The molecule has 1 amide bonds. The van der Waals surface area contributed by atoms with Gasteiger partial charge in [-0.25, -0.2) is 4.79 Å². The normalized spacial score (nSPS) is 9.38. The summed E-state index contributed by atoms with van der Waals surface area (Å²) in [6.45, 7) is 0. The fourth-order valence-electron chi connectivity index (χ4n) is 1.86. The van der Waals surface area contributed by atoms with Crippen molar-refractivity contribution in [3.05, 3.63) is 65.7 Å². The number of carboxylic acid groups (broad SMARTS) is 1. The van der Waals surface area contributed by atoms with E-state index in [2.05, 4.69) is 10.7 Å². The Hall–Kier alpha value is -1.29. The zero-order chi connectivity index (χ0) is 16.8. The Labute approximate surface area is 187 Å². The van der Waals surface area contributed by atoms with Gasteiger partial charge in [-0.3, -0.25) is 15.2 Å². The van der Waals surface area contributed by atoms with Crippen molar-refractivity contribution in [2.75, 3.05) is 12.4 Å². The second-order valence-corrected chi connectivity index (χ2v) is 5.03. The van der Waals surface area contributed by atoms with Crippen LogP contribution in [0.1, 0.15) is 20.7 Å². The topological polar surface area (TPSA) is 81.7 Å². The molecule has 2 rings (SSSR count). The van der Waals surface area contributed by atoms with Gasteiger partial charge in [-0.2, -0.15) is 0 Å². The standard InChI is InChI=1S/C16H15N3O3S.K.H/c1-19(16(23)17-11-7-3-2-4-8-11)18-14(20)12-9-5-6-10-13(12)15(21)22;;/h2-10H,1H3,(H,17,23)(H,18,20)(H,21,22);;. The number of carboxylic acids is 1. The summed E-state index contributed by atoms with van der Waals surface area (Å²) in [6.07, 6.45) is 0. The van der Waals surface area contributed by atoms with E-state index in [4.69, 9.17) is 17.3 Å². The molecule has 2 aromatic rings. The number of amides is 1. The minimum atomic E-state index is -1.16. The second-order valence-electron chi connectivity index (χ2n) is 4.65. The molecule has 0 saturated heterocycles. The number of hydrogen-bond donors (Lipinski definition) is 3. The Morgan fingerprint density at radius 2 is 1.54 bits per heavy atom. The number of aromatic carboxylic acids is 1. The number of hydrogen-bond acceptors (Lipinski definition) is 3. The van der Waals surface area contributed by atoms with Crippen LogP contribution < -0.4 is 10.7 Å².